The molecular weight excluding hydrogens is 377 g/mol. The van der Waals surface area contributed by atoms with E-state index in [4.69, 9.17) is 5.11 Å². The molecule has 0 bridgehead atoms. The minimum Gasteiger partial charge on any atom is -0.481 e. The standard InChI is InChI=1S/C17H24INO2/c1-12(10-17(20)21)15-4-3-9-19(11-15)13(2)14-5-7-16(18)8-6-14/h5-8,12-13,15H,3-4,9-11H2,1-2H3,(H,20,21). The number of carbonyl (C=O) groups is 1. The predicted octanol–water partition coefficient (Wildman–Crippen LogP) is 4.18. The fraction of sp³-hybridized carbons (Fsp3) is 0.588. The average Bonchev–Trinajstić information content (AvgIpc) is 2.47. The first-order valence-corrected chi connectivity index (χ1v) is 8.76. The summed E-state index contributed by atoms with van der Waals surface area (Å²) in [6.45, 7) is 6.47. The van der Waals surface area contributed by atoms with E-state index >= 15 is 0 Å². The number of aliphatic carboxylic acids is 1. The third-order valence-electron chi connectivity index (χ3n) is 4.69. The van der Waals surface area contributed by atoms with Gasteiger partial charge in [0, 0.05) is 22.6 Å². The van der Waals surface area contributed by atoms with E-state index in [2.05, 4.69) is 65.6 Å². The molecule has 1 fully saturated rings. The zero-order valence-electron chi connectivity index (χ0n) is 12.8. The maximum Gasteiger partial charge on any atom is 0.303 e. The number of hydrogen-bond acceptors (Lipinski definition) is 2. The highest BCUT2D eigenvalue weighted by Gasteiger charge is 2.28. The third-order valence-corrected chi connectivity index (χ3v) is 5.41. The van der Waals surface area contributed by atoms with Crippen LogP contribution in [0.15, 0.2) is 24.3 Å². The van der Waals surface area contributed by atoms with Gasteiger partial charge in [0.2, 0.25) is 0 Å². The Bertz CT molecular complexity index is 474. The molecule has 21 heavy (non-hydrogen) atoms. The highest BCUT2D eigenvalue weighted by atomic mass is 127. The van der Waals surface area contributed by atoms with Crippen molar-refractivity contribution in [1.29, 1.82) is 0 Å². The summed E-state index contributed by atoms with van der Waals surface area (Å²) in [5.74, 6) is 0.0840. The van der Waals surface area contributed by atoms with Crippen LogP contribution in [0.5, 0.6) is 0 Å². The minimum atomic E-state index is -0.676. The summed E-state index contributed by atoms with van der Waals surface area (Å²) in [4.78, 5) is 13.4. The van der Waals surface area contributed by atoms with E-state index in [1.54, 1.807) is 0 Å². The molecule has 1 aromatic carbocycles. The smallest absolute Gasteiger partial charge is 0.303 e. The van der Waals surface area contributed by atoms with Gasteiger partial charge in [-0.15, -0.1) is 0 Å². The summed E-state index contributed by atoms with van der Waals surface area (Å²) in [6.07, 6.45) is 2.62. The lowest BCUT2D eigenvalue weighted by Crippen LogP contribution is -2.39. The fourth-order valence-electron chi connectivity index (χ4n) is 3.25. The second-order valence-corrected chi connectivity index (χ2v) is 7.45. The van der Waals surface area contributed by atoms with E-state index in [1.807, 2.05) is 0 Å². The van der Waals surface area contributed by atoms with Gasteiger partial charge >= 0.3 is 5.97 Å². The van der Waals surface area contributed by atoms with Crippen LogP contribution in [0.4, 0.5) is 0 Å². The molecule has 0 spiro atoms. The zero-order chi connectivity index (χ0) is 15.4. The van der Waals surface area contributed by atoms with Gasteiger partial charge in [0.1, 0.15) is 0 Å². The normalized spacial score (nSPS) is 22.7. The topological polar surface area (TPSA) is 40.5 Å². The molecule has 1 saturated heterocycles. The molecule has 0 saturated carbocycles. The maximum absolute atomic E-state index is 10.9. The van der Waals surface area contributed by atoms with Crippen molar-refractivity contribution in [3.05, 3.63) is 33.4 Å². The van der Waals surface area contributed by atoms with Crippen LogP contribution in [-0.4, -0.2) is 29.1 Å². The summed E-state index contributed by atoms with van der Waals surface area (Å²) in [6, 6.07) is 9.12. The molecule has 1 aliphatic heterocycles. The molecule has 3 atom stereocenters. The van der Waals surface area contributed by atoms with Gasteiger partial charge in [0.15, 0.2) is 0 Å². The molecule has 3 nitrogen and oxygen atoms in total. The van der Waals surface area contributed by atoms with Crippen LogP contribution in [0, 0.1) is 15.4 Å². The van der Waals surface area contributed by atoms with Gasteiger partial charge in [-0.2, -0.15) is 0 Å². The Kier molecular flexibility index (Phi) is 6.05. The summed E-state index contributed by atoms with van der Waals surface area (Å²) in [7, 11) is 0. The van der Waals surface area contributed by atoms with Crippen LogP contribution in [0.25, 0.3) is 0 Å². The number of piperidine rings is 1. The lowest BCUT2D eigenvalue weighted by molar-refractivity contribution is -0.138. The molecule has 4 heteroatoms. The SMILES string of the molecule is CC(CC(=O)O)C1CCCN(C(C)c2ccc(I)cc2)C1. The quantitative estimate of drug-likeness (QED) is 0.753. The van der Waals surface area contributed by atoms with Crippen molar-refractivity contribution in [1.82, 2.24) is 4.90 Å². The van der Waals surface area contributed by atoms with Crippen molar-refractivity contribution in [3.63, 3.8) is 0 Å². The molecule has 0 radical (unpaired) electrons. The number of nitrogens with zero attached hydrogens (tertiary/aromatic N) is 1. The van der Waals surface area contributed by atoms with Crippen molar-refractivity contribution in [2.24, 2.45) is 11.8 Å². The lowest BCUT2D eigenvalue weighted by Gasteiger charge is -2.39. The molecule has 1 aliphatic rings. The number of carboxylic acid groups (broad SMARTS) is 1. The first-order valence-electron chi connectivity index (χ1n) is 7.68. The Hall–Kier alpha value is -0.620. The number of likely N-dealkylation sites (tertiary alicyclic amines) is 1. The van der Waals surface area contributed by atoms with Crippen molar-refractivity contribution in [3.8, 4) is 0 Å². The number of hydrogen-bond donors (Lipinski definition) is 1. The van der Waals surface area contributed by atoms with Crippen LogP contribution in [0.3, 0.4) is 0 Å². The van der Waals surface area contributed by atoms with E-state index in [1.165, 1.54) is 15.6 Å². The highest BCUT2D eigenvalue weighted by molar-refractivity contribution is 14.1. The summed E-state index contributed by atoms with van der Waals surface area (Å²) >= 11 is 2.33. The Balaban J connectivity index is 1.99. The first kappa shape index (κ1) is 16.7. The van der Waals surface area contributed by atoms with E-state index < -0.39 is 5.97 Å². The van der Waals surface area contributed by atoms with Gasteiger partial charge in [-0.25, -0.2) is 0 Å². The van der Waals surface area contributed by atoms with Gasteiger partial charge in [0.05, 0.1) is 0 Å². The van der Waals surface area contributed by atoms with Gasteiger partial charge in [-0.3, -0.25) is 9.69 Å². The van der Waals surface area contributed by atoms with Crippen molar-refractivity contribution < 1.29 is 9.90 Å². The monoisotopic (exact) mass is 401 g/mol. The van der Waals surface area contributed by atoms with Crippen molar-refractivity contribution in [2.45, 2.75) is 39.2 Å². The average molecular weight is 401 g/mol. The molecule has 116 valence electrons. The van der Waals surface area contributed by atoms with Crippen molar-refractivity contribution >= 4 is 28.6 Å². The van der Waals surface area contributed by atoms with Gasteiger partial charge < -0.3 is 5.11 Å². The van der Waals surface area contributed by atoms with Crippen LogP contribution in [0.1, 0.15) is 44.7 Å². The summed E-state index contributed by atoms with van der Waals surface area (Å²) in [5.41, 5.74) is 1.35. The van der Waals surface area contributed by atoms with E-state index in [0.717, 1.165) is 19.5 Å². The molecule has 0 aliphatic carbocycles. The number of carboxylic acids is 1. The number of halogens is 1. The minimum absolute atomic E-state index is 0.259. The van der Waals surface area contributed by atoms with E-state index in [9.17, 15) is 4.79 Å². The van der Waals surface area contributed by atoms with Crippen LogP contribution in [0.2, 0.25) is 0 Å². The maximum atomic E-state index is 10.9. The zero-order valence-corrected chi connectivity index (χ0v) is 14.9. The first-order chi connectivity index (χ1) is 9.97. The second-order valence-electron chi connectivity index (χ2n) is 6.20. The third kappa shape index (κ3) is 4.68. The lowest BCUT2D eigenvalue weighted by atomic mass is 9.84. The molecule has 1 N–H and O–H groups in total. The molecule has 0 aromatic heterocycles. The number of rotatable bonds is 5. The fourth-order valence-corrected chi connectivity index (χ4v) is 3.61. The van der Waals surface area contributed by atoms with Gasteiger partial charge in [-0.05, 0) is 78.4 Å². The van der Waals surface area contributed by atoms with E-state index in [0.29, 0.717) is 12.0 Å². The molecule has 1 aromatic rings. The predicted molar refractivity (Wildman–Crippen MR) is 93.3 cm³/mol. The molecular formula is C17H24INO2. The Morgan fingerprint density at radius 1 is 1.38 bits per heavy atom. The Morgan fingerprint density at radius 3 is 2.67 bits per heavy atom. The Labute approximate surface area is 140 Å². The summed E-state index contributed by atoms with van der Waals surface area (Å²) in [5, 5.41) is 8.98. The Morgan fingerprint density at radius 2 is 2.05 bits per heavy atom. The van der Waals surface area contributed by atoms with Crippen LogP contribution >= 0.6 is 22.6 Å². The highest BCUT2D eigenvalue weighted by Crippen LogP contribution is 2.31. The molecule has 2 rings (SSSR count). The van der Waals surface area contributed by atoms with Gasteiger partial charge in [0.25, 0.3) is 0 Å². The molecule has 3 unspecified atom stereocenters. The van der Waals surface area contributed by atoms with E-state index in [-0.39, 0.29) is 12.3 Å². The largest absolute Gasteiger partial charge is 0.481 e. The second kappa shape index (κ2) is 7.58. The van der Waals surface area contributed by atoms with Crippen LogP contribution < -0.4 is 0 Å². The molecule has 0 amide bonds. The van der Waals surface area contributed by atoms with Gasteiger partial charge in [-0.1, -0.05) is 19.1 Å². The summed E-state index contributed by atoms with van der Waals surface area (Å²) < 4.78 is 1.26. The van der Waals surface area contributed by atoms with Crippen LogP contribution in [-0.2, 0) is 4.79 Å². The number of benzene rings is 1. The van der Waals surface area contributed by atoms with Crippen molar-refractivity contribution in [2.75, 3.05) is 13.1 Å². The molecule has 1 heterocycles.